The number of rotatable bonds is 9. The van der Waals surface area contributed by atoms with E-state index in [1.54, 1.807) is 6.20 Å². The van der Waals surface area contributed by atoms with Crippen molar-refractivity contribution in [3.8, 4) is 5.75 Å². The van der Waals surface area contributed by atoms with Crippen molar-refractivity contribution < 1.29 is 4.74 Å². The number of unbranched alkanes of at least 4 members (excludes halogenated alkanes) is 1. The molecule has 0 unspecified atom stereocenters. The van der Waals surface area contributed by atoms with Gasteiger partial charge in [-0.1, -0.05) is 0 Å². The fourth-order valence-corrected chi connectivity index (χ4v) is 1.82. The van der Waals surface area contributed by atoms with Gasteiger partial charge in [-0.05, 0) is 66.3 Å². The average molecular weight is 279 g/mol. The van der Waals surface area contributed by atoms with Gasteiger partial charge in [0.15, 0.2) is 11.6 Å². The molecule has 1 rings (SSSR count). The Kier molecular flexibility index (Phi) is 7.37. The molecule has 4 heteroatoms. The minimum atomic E-state index is 0.166. The summed E-state index contributed by atoms with van der Waals surface area (Å²) < 4.78 is 5.74. The Labute approximate surface area is 123 Å². The van der Waals surface area contributed by atoms with Crippen LogP contribution in [0.5, 0.6) is 5.75 Å². The number of ether oxygens (including phenoxy) is 1. The molecule has 1 N–H and O–H groups in total. The van der Waals surface area contributed by atoms with Crippen LogP contribution in [0.25, 0.3) is 0 Å². The molecule has 20 heavy (non-hydrogen) atoms. The van der Waals surface area contributed by atoms with Crippen molar-refractivity contribution in [1.82, 2.24) is 9.88 Å². The molecule has 0 aliphatic rings. The van der Waals surface area contributed by atoms with E-state index in [1.807, 2.05) is 26.0 Å². The quantitative estimate of drug-likeness (QED) is 0.703. The summed E-state index contributed by atoms with van der Waals surface area (Å²) in [6.45, 7) is 10.6. The molecule has 0 aromatic carbocycles. The van der Waals surface area contributed by atoms with Gasteiger partial charge in [-0.25, -0.2) is 4.98 Å². The Morgan fingerprint density at radius 1 is 1.25 bits per heavy atom. The minimum absolute atomic E-state index is 0.166. The van der Waals surface area contributed by atoms with Gasteiger partial charge in [0.2, 0.25) is 0 Å². The van der Waals surface area contributed by atoms with Crippen LogP contribution < -0.4 is 10.1 Å². The van der Waals surface area contributed by atoms with Crippen LogP contribution in [0.1, 0.15) is 40.5 Å². The third kappa shape index (κ3) is 6.24. The van der Waals surface area contributed by atoms with Crippen LogP contribution in [-0.2, 0) is 0 Å². The van der Waals surface area contributed by atoms with Crippen LogP contribution in [0.3, 0.4) is 0 Å². The molecule has 0 saturated heterocycles. The van der Waals surface area contributed by atoms with Crippen molar-refractivity contribution in [2.75, 3.05) is 25.5 Å². The molecule has 4 nitrogen and oxygen atoms in total. The van der Waals surface area contributed by atoms with Crippen molar-refractivity contribution in [3.05, 3.63) is 18.3 Å². The summed E-state index contributed by atoms with van der Waals surface area (Å²) in [4.78, 5) is 6.72. The minimum Gasteiger partial charge on any atom is -0.487 e. The average Bonchev–Trinajstić information content (AvgIpc) is 2.39. The number of anilines is 1. The molecule has 0 aliphatic carbocycles. The molecule has 0 bridgehead atoms. The van der Waals surface area contributed by atoms with Gasteiger partial charge in [0.25, 0.3) is 0 Å². The predicted octanol–water partition coefficient (Wildman–Crippen LogP) is 3.40. The molecule has 0 amide bonds. The van der Waals surface area contributed by atoms with Crippen molar-refractivity contribution in [2.45, 2.75) is 52.7 Å². The number of hydrogen-bond donors (Lipinski definition) is 1. The predicted molar refractivity (Wildman–Crippen MR) is 85.5 cm³/mol. The third-order valence-electron chi connectivity index (χ3n) is 3.24. The van der Waals surface area contributed by atoms with E-state index in [-0.39, 0.29) is 6.10 Å². The van der Waals surface area contributed by atoms with Crippen LogP contribution in [0.15, 0.2) is 18.3 Å². The first-order valence-electron chi connectivity index (χ1n) is 7.56. The van der Waals surface area contributed by atoms with Gasteiger partial charge in [-0.15, -0.1) is 0 Å². The van der Waals surface area contributed by atoms with Gasteiger partial charge in [-0.2, -0.15) is 0 Å². The lowest BCUT2D eigenvalue weighted by molar-refractivity contribution is 0.243. The molecular weight excluding hydrogens is 250 g/mol. The number of aromatic nitrogens is 1. The lowest BCUT2D eigenvalue weighted by atomic mass is 10.2. The molecule has 0 spiro atoms. The Balaban J connectivity index is 2.31. The Morgan fingerprint density at radius 2 is 2.00 bits per heavy atom. The lowest BCUT2D eigenvalue weighted by Crippen LogP contribution is -2.27. The standard InChI is InChI=1S/C16H29N3O/c1-13(2)19(5)12-7-6-10-17-16-15(20-14(3)4)9-8-11-18-16/h8-9,11,13-14H,6-7,10,12H2,1-5H3,(H,17,18). The normalized spacial score (nSPS) is 11.4. The van der Waals surface area contributed by atoms with Gasteiger partial charge < -0.3 is 15.0 Å². The number of nitrogens with one attached hydrogen (secondary N) is 1. The second kappa shape index (κ2) is 8.80. The number of pyridine rings is 1. The van der Waals surface area contributed by atoms with E-state index in [4.69, 9.17) is 4.74 Å². The summed E-state index contributed by atoms with van der Waals surface area (Å²) in [5, 5.41) is 3.37. The first kappa shape index (κ1) is 16.8. The summed E-state index contributed by atoms with van der Waals surface area (Å²) in [6, 6.07) is 4.48. The highest BCUT2D eigenvalue weighted by Gasteiger charge is 2.06. The van der Waals surface area contributed by atoms with Crippen molar-refractivity contribution in [1.29, 1.82) is 0 Å². The molecule has 1 heterocycles. The molecule has 1 aromatic heterocycles. The van der Waals surface area contributed by atoms with E-state index in [0.717, 1.165) is 31.1 Å². The zero-order valence-corrected chi connectivity index (χ0v) is 13.5. The van der Waals surface area contributed by atoms with Crippen LogP contribution >= 0.6 is 0 Å². The zero-order chi connectivity index (χ0) is 15.0. The lowest BCUT2D eigenvalue weighted by Gasteiger charge is -2.20. The monoisotopic (exact) mass is 279 g/mol. The van der Waals surface area contributed by atoms with Crippen LogP contribution in [0.2, 0.25) is 0 Å². The smallest absolute Gasteiger partial charge is 0.168 e. The molecular formula is C16H29N3O. The Morgan fingerprint density at radius 3 is 2.65 bits per heavy atom. The summed E-state index contributed by atoms with van der Waals surface area (Å²) in [6.07, 6.45) is 4.28. The first-order chi connectivity index (χ1) is 9.50. The molecule has 0 saturated carbocycles. The van der Waals surface area contributed by atoms with E-state index in [2.05, 4.69) is 36.1 Å². The van der Waals surface area contributed by atoms with Gasteiger partial charge in [0.1, 0.15) is 0 Å². The highest BCUT2D eigenvalue weighted by atomic mass is 16.5. The van der Waals surface area contributed by atoms with Crippen LogP contribution in [0.4, 0.5) is 5.82 Å². The third-order valence-corrected chi connectivity index (χ3v) is 3.24. The highest BCUT2D eigenvalue weighted by molar-refractivity contribution is 5.49. The van der Waals surface area contributed by atoms with Crippen molar-refractivity contribution in [3.63, 3.8) is 0 Å². The first-order valence-corrected chi connectivity index (χ1v) is 7.56. The van der Waals surface area contributed by atoms with Gasteiger partial charge in [0.05, 0.1) is 6.10 Å². The maximum atomic E-state index is 5.74. The molecule has 0 fully saturated rings. The summed E-state index contributed by atoms with van der Waals surface area (Å²) in [7, 11) is 2.17. The summed E-state index contributed by atoms with van der Waals surface area (Å²) >= 11 is 0. The van der Waals surface area contributed by atoms with E-state index in [1.165, 1.54) is 6.42 Å². The van der Waals surface area contributed by atoms with Crippen LogP contribution in [0, 0.1) is 0 Å². The molecule has 0 atom stereocenters. The van der Waals surface area contributed by atoms with Crippen molar-refractivity contribution in [2.24, 2.45) is 0 Å². The van der Waals surface area contributed by atoms with Gasteiger partial charge in [-0.3, -0.25) is 0 Å². The Hall–Kier alpha value is -1.29. The zero-order valence-electron chi connectivity index (χ0n) is 13.5. The SMILES string of the molecule is CC(C)Oc1cccnc1NCCCCN(C)C(C)C. The summed E-state index contributed by atoms with van der Waals surface area (Å²) in [5.74, 6) is 1.68. The number of nitrogens with zero attached hydrogens (tertiary/aromatic N) is 2. The van der Waals surface area contributed by atoms with E-state index >= 15 is 0 Å². The van der Waals surface area contributed by atoms with E-state index < -0.39 is 0 Å². The molecule has 114 valence electrons. The second-order valence-corrected chi connectivity index (χ2v) is 5.72. The van der Waals surface area contributed by atoms with E-state index in [9.17, 15) is 0 Å². The maximum absolute atomic E-state index is 5.74. The van der Waals surface area contributed by atoms with Crippen molar-refractivity contribution >= 4 is 5.82 Å². The van der Waals surface area contributed by atoms with E-state index in [0.29, 0.717) is 6.04 Å². The van der Waals surface area contributed by atoms with Gasteiger partial charge in [0, 0.05) is 18.8 Å². The largest absolute Gasteiger partial charge is 0.487 e. The molecule has 0 radical (unpaired) electrons. The molecule has 0 aliphatic heterocycles. The molecule has 1 aromatic rings. The fourth-order valence-electron chi connectivity index (χ4n) is 1.82. The number of hydrogen-bond acceptors (Lipinski definition) is 4. The Bertz CT molecular complexity index is 380. The maximum Gasteiger partial charge on any atom is 0.168 e. The fraction of sp³-hybridized carbons (Fsp3) is 0.688. The van der Waals surface area contributed by atoms with Crippen LogP contribution in [-0.4, -0.2) is 42.2 Å². The second-order valence-electron chi connectivity index (χ2n) is 5.72. The topological polar surface area (TPSA) is 37.4 Å². The summed E-state index contributed by atoms with van der Waals surface area (Å²) in [5.41, 5.74) is 0. The highest BCUT2D eigenvalue weighted by Crippen LogP contribution is 2.21. The van der Waals surface area contributed by atoms with Gasteiger partial charge >= 0.3 is 0 Å².